The SMILES string of the molecule is Clc1ccc(CNCCc2ccc3c(c2)CCO3)cc1. The summed E-state index contributed by atoms with van der Waals surface area (Å²) in [6, 6.07) is 14.5. The first-order valence-electron chi connectivity index (χ1n) is 7.01. The van der Waals surface area contributed by atoms with Crippen LogP contribution in [0, 0.1) is 0 Å². The fourth-order valence-electron chi connectivity index (χ4n) is 2.46. The summed E-state index contributed by atoms with van der Waals surface area (Å²) in [5.41, 5.74) is 3.98. The Kier molecular flexibility index (Phi) is 4.24. The second kappa shape index (κ2) is 6.29. The van der Waals surface area contributed by atoms with Crippen LogP contribution in [-0.2, 0) is 19.4 Å². The van der Waals surface area contributed by atoms with Crippen LogP contribution in [0.5, 0.6) is 5.75 Å². The van der Waals surface area contributed by atoms with Crippen LogP contribution < -0.4 is 10.1 Å². The van der Waals surface area contributed by atoms with E-state index in [1.807, 2.05) is 12.1 Å². The number of halogens is 1. The average Bonchev–Trinajstić information content (AvgIpc) is 2.93. The van der Waals surface area contributed by atoms with Gasteiger partial charge in [0.2, 0.25) is 0 Å². The van der Waals surface area contributed by atoms with Crippen molar-refractivity contribution < 1.29 is 4.74 Å². The molecule has 104 valence electrons. The third-order valence-corrected chi connectivity index (χ3v) is 3.84. The lowest BCUT2D eigenvalue weighted by atomic mass is 10.1. The Morgan fingerprint density at radius 2 is 1.85 bits per heavy atom. The summed E-state index contributed by atoms with van der Waals surface area (Å²) in [5, 5.41) is 4.25. The molecule has 0 aromatic heterocycles. The van der Waals surface area contributed by atoms with Gasteiger partial charge in [-0.1, -0.05) is 35.9 Å². The van der Waals surface area contributed by atoms with Crippen LogP contribution in [0.2, 0.25) is 5.02 Å². The van der Waals surface area contributed by atoms with E-state index in [0.29, 0.717) is 0 Å². The van der Waals surface area contributed by atoms with Crippen molar-refractivity contribution in [2.45, 2.75) is 19.4 Å². The van der Waals surface area contributed by atoms with Crippen LogP contribution in [0.1, 0.15) is 16.7 Å². The number of rotatable bonds is 5. The molecule has 0 saturated carbocycles. The molecule has 0 radical (unpaired) electrons. The van der Waals surface area contributed by atoms with Crippen molar-refractivity contribution in [2.75, 3.05) is 13.2 Å². The highest BCUT2D eigenvalue weighted by molar-refractivity contribution is 6.30. The smallest absolute Gasteiger partial charge is 0.122 e. The van der Waals surface area contributed by atoms with E-state index in [-0.39, 0.29) is 0 Å². The van der Waals surface area contributed by atoms with Gasteiger partial charge in [0.1, 0.15) is 5.75 Å². The third kappa shape index (κ3) is 3.33. The number of benzene rings is 2. The van der Waals surface area contributed by atoms with Gasteiger partial charge in [-0.3, -0.25) is 0 Å². The van der Waals surface area contributed by atoms with E-state index < -0.39 is 0 Å². The lowest BCUT2D eigenvalue weighted by Gasteiger charge is -2.07. The Labute approximate surface area is 124 Å². The number of hydrogen-bond acceptors (Lipinski definition) is 2. The molecule has 0 unspecified atom stereocenters. The normalized spacial score (nSPS) is 13.1. The van der Waals surface area contributed by atoms with Crippen LogP contribution in [-0.4, -0.2) is 13.2 Å². The molecule has 0 aliphatic carbocycles. The summed E-state index contributed by atoms with van der Waals surface area (Å²) >= 11 is 5.87. The van der Waals surface area contributed by atoms with Crippen LogP contribution in [0.25, 0.3) is 0 Å². The van der Waals surface area contributed by atoms with Gasteiger partial charge in [-0.2, -0.15) is 0 Å². The molecule has 2 aromatic rings. The molecule has 3 rings (SSSR count). The van der Waals surface area contributed by atoms with Gasteiger partial charge in [0, 0.05) is 18.0 Å². The minimum absolute atomic E-state index is 0.786. The minimum atomic E-state index is 0.786. The Bertz CT molecular complexity index is 580. The van der Waals surface area contributed by atoms with Crippen molar-refractivity contribution in [3.05, 3.63) is 64.2 Å². The molecule has 0 amide bonds. The third-order valence-electron chi connectivity index (χ3n) is 3.59. The molecule has 0 atom stereocenters. The largest absolute Gasteiger partial charge is 0.493 e. The minimum Gasteiger partial charge on any atom is -0.493 e. The van der Waals surface area contributed by atoms with Crippen molar-refractivity contribution >= 4 is 11.6 Å². The van der Waals surface area contributed by atoms with Crippen molar-refractivity contribution in [1.29, 1.82) is 0 Å². The molecule has 0 fully saturated rings. The molecule has 0 saturated heterocycles. The van der Waals surface area contributed by atoms with Gasteiger partial charge in [-0.15, -0.1) is 0 Å². The van der Waals surface area contributed by atoms with Crippen LogP contribution in [0.15, 0.2) is 42.5 Å². The Morgan fingerprint density at radius 3 is 2.70 bits per heavy atom. The van der Waals surface area contributed by atoms with Crippen LogP contribution in [0.4, 0.5) is 0 Å². The zero-order valence-electron chi connectivity index (χ0n) is 11.4. The predicted molar refractivity (Wildman–Crippen MR) is 82.5 cm³/mol. The molecule has 3 heteroatoms. The van der Waals surface area contributed by atoms with Gasteiger partial charge >= 0.3 is 0 Å². The topological polar surface area (TPSA) is 21.3 Å². The van der Waals surface area contributed by atoms with Crippen molar-refractivity contribution in [3.8, 4) is 5.75 Å². The van der Waals surface area contributed by atoms with Gasteiger partial charge < -0.3 is 10.1 Å². The average molecular weight is 288 g/mol. The maximum atomic E-state index is 5.87. The Hall–Kier alpha value is -1.51. The predicted octanol–water partition coefficient (Wildman–Crippen LogP) is 3.61. The van der Waals surface area contributed by atoms with Crippen LogP contribution >= 0.6 is 11.6 Å². The molecule has 2 aromatic carbocycles. The number of nitrogens with one attached hydrogen (secondary N) is 1. The van der Waals surface area contributed by atoms with Gasteiger partial charge in [-0.05, 0) is 47.9 Å². The molecule has 1 heterocycles. The van der Waals surface area contributed by atoms with Crippen molar-refractivity contribution in [1.82, 2.24) is 5.32 Å². The highest BCUT2D eigenvalue weighted by Crippen LogP contribution is 2.25. The highest BCUT2D eigenvalue weighted by Gasteiger charge is 2.11. The molecule has 0 bridgehead atoms. The quantitative estimate of drug-likeness (QED) is 0.848. The molecule has 2 nitrogen and oxygen atoms in total. The monoisotopic (exact) mass is 287 g/mol. The number of ether oxygens (including phenoxy) is 1. The van der Waals surface area contributed by atoms with Gasteiger partial charge in [-0.25, -0.2) is 0 Å². The maximum absolute atomic E-state index is 5.87. The van der Waals surface area contributed by atoms with E-state index in [0.717, 1.165) is 43.3 Å². The van der Waals surface area contributed by atoms with E-state index in [2.05, 4.69) is 35.6 Å². The first-order valence-corrected chi connectivity index (χ1v) is 7.39. The van der Waals surface area contributed by atoms with Crippen molar-refractivity contribution in [2.24, 2.45) is 0 Å². The first-order chi connectivity index (χ1) is 9.81. The zero-order chi connectivity index (χ0) is 13.8. The van der Waals surface area contributed by atoms with Crippen LogP contribution in [0.3, 0.4) is 0 Å². The van der Waals surface area contributed by atoms with E-state index in [9.17, 15) is 0 Å². The lowest BCUT2D eigenvalue weighted by Crippen LogP contribution is -2.16. The zero-order valence-corrected chi connectivity index (χ0v) is 12.1. The van der Waals surface area contributed by atoms with E-state index in [1.54, 1.807) is 0 Å². The molecular formula is C17H18ClNO. The molecule has 1 N–H and O–H groups in total. The highest BCUT2D eigenvalue weighted by atomic mass is 35.5. The van der Waals surface area contributed by atoms with Gasteiger partial charge in [0.25, 0.3) is 0 Å². The Balaban J connectivity index is 1.47. The van der Waals surface area contributed by atoms with E-state index >= 15 is 0 Å². The molecule has 20 heavy (non-hydrogen) atoms. The second-order valence-corrected chi connectivity index (χ2v) is 5.53. The fourth-order valence-corrected chi connectivity index (χ4v) is 2.59. The molecule has 1 aliphatic rings. The summed E-state index contributed by atoms with van der Waals surface area (Å²) in [6.07, 6.45) is 2.09. The standard InChI is InChI=1S/C17H18ClNO/c18-16-4-1-14(2-5-16)12-19-9-7-13-3-6-17-15(11-13)8-10-20-17/h1-6,11,19H,7-10,12H2. The summed E-state index contributed by atoms with van der Waals surface area (Å²) in [4.78, 5) is 0. The van der Waals surface area contributed by atoms with Gasteiger partial charge in [0.05, 0.1) is 6.61 Å². The number of fused-ring (bicyclic) bond motifs is 1. The second-order valence-electron chi connectivity index (χ2n) is 5.09. The number of hydrogen-bond donors (Lipinski definition) is 1. The van der Waals surface area contributed by atoms with Crippen molar-refractivity contribution in [3.63, 3.8) is 0 Å². The molecule has 0 spiro atoms. The summed E-state index contributed by atoms with van der Waals surface area (Å²) in [5.74, 6) is 1.06. The van der Waals surface area contributed by atoms with E-state index in [4.69, 9.17) is 16.3 Å². The lowest BCUT2D eigenvalue weighted by molar-refractivity contribution is 0.357. The Morgan fingerprint density at radius 1 is 1.05 bits per heavy atom. The fraction of sp³-hybridized carbons (Fsp3) is 0.294. The maximum Gasteiger partial charge on any atom is 0.122 e. The summed E-state index contributed by atoms with van der Waals surface area (Å²) < 4.78 is 5.52. The van der Waals surface area contributed by atoms with E-state index in [1.165, 1.54) is 16.7 Å². The molecule has 1 aliphatic heterocycles. The first kappa shape index (κ1) is 13.5. The summed E-state index contributed by atoms with van der Waals surface area (Å²) in [6.45, 7) is 2.68. The van der Waals surface area contributed by atoms with Gasteiger partial charge in [0.15, 0.2) is 0 Å². The molecular weight excluding hydrogens is 270 g/mol. The summed E-state index contributed by atoms with van der Waals surface area (Å²) in [7, 11) is 0.